The van der Waals surface area contributed by atoms with E-state index >= 15 is 0 Å². The second kappa shape index (κ2) is 8.51. The molecule has 0 spiro atoms. The Labute approximate surface area is 166 Å². The molecule has 1 saturated heterocycles. The summed E-state index contributed by atoms with van der Waals surface area (Å²) in [7, 11) is 0. The van der Waals surface area contributed by atoms with E-state index < -0.39 is 22.5 Å². The van der Waals surface area contributed by atoms with Crippen LogP contribution in [0.5, 0.6) is 0 Å². The van der Waals surface area contributed by atoms with Crippen LogP contribution < -0.4 is 5.32 Å². The standard InChI is InChI=1S/C20H19N3O6/c24-18-6-1-2-7-22(18)12-13-4-3-5-16(8-13)21-19(25)14-9-15(20(26)27)11-17(10-14)23(28)29/h3-5,8-11H,1-2,6-7,12H2,(H,21,25)(H,26,27). The number of hydrogen-bond acceptors (Lipinski definition) is 5. The number of anilines is 1. The van der Waals surface area contributed by atoms with E-state index in [-0.39, 0.29) is 17.0 Å². The van der Waals surface area contributed by atoms with E-state index in [1.54, 1.807) is 23.1 Å². The summed E-state index contributed by atoms with van der Waals surface area (Å²) < 4.78 is 0. The predicted molar refractivity (Wildman–Crippen MR) is 104 cm³/mol. The summed E-state index contributed by atoms with van der Waals surface area (Å²) in [5.41, 5.74) is 0.325. The lowest BCUT2D eigenvalue weighted by Gasteiger charge is -2.26. The molecule has 0 atom stereocenters. The Morgan fingerprint density at radius 2 is 1.90 bits per heavy atom. The van der Waals surface area contributed by atoms with E-state index in [2.05, 4.69) is 5.32 Å². The molecule has 2 aromatic carbocycles. The summed E-state index contributed by atoms with van der Waals surface area (Å²) in [6.07, 6.45) is 2.39. The van der Waals surface area contributed by atoms with Crippen molar-refractivity contribution in [3.63, 3.8) is 0 Å². The third kappa shape index (κ3) is 4.95. The minimum absolute atomic E-state index is 0.100. The van der Waals surface area contributed by atoms with E-state index in [1.807, 2.05) is 6.07 Å². The van der Waals surface area contributed by atoms with E-state index in [1.165, 1.54) is 0 Å². The summed E-state index contributed by atoms with van der Waals surface area (Å²) in [5, 5.41) is 22.8. The fraction of sp³-hybridized carbons (Fsp3) is 0.250. The Morgan fingerprint density at radius 3 is 2.59 bits per heavy atom. The molecule has 2 N–H and O–H groups in total. The van der Waals surface area contributed by atoms with E-state index in [9.17, 15) is 24.5 Å². The summed E-state index contributed by atoms with van der Waals surface area (Å²) in [5.74, 6) is -1.93. The molecule has 0 saturated carbocycles. The van der Waals surface area contributed by atoms with Crippen molar-refractivity contribution < 1.29 is 24.4 Å². The molecule has 0 aliphatic carbocycles. The van der Waals surface area contributed by atoms with Crippen molar-refractivity contribution in [2.75, 3.05) is 11.9 Å². The molecule has 3 rings (SSSR count). The van der Waals surface area contributed by atoms with Gasteiger partial charge in [-0.05, 0) is 36.6 Å². The highest BCUT2D eigenvalue weighted by molar-refractivity contribution is 6.06. The number of likely N-dealkylation sites (tertiary alicyclic amines) is 1. The van der Waals surface area contributed by atoms with Crippen molar-refractivity contribution >= 4 is 29.2 Å². The number of nitro benzene ring substituents is 1. The molecule has 0 radical (unpaired) electrons. The van der Waals surface area contributed by atoms with Gasteiger partial charge in [-0.1, -0.05) is 12.1 Å². The minimum atomic E-state index is -1.36. The van der Waals surface area contributed by atoms with Crippen LogP contribution in [-0.2, 0) is 11.3 Å². The molecule has 9 heteroatoms. The monoisotopic (exact) mass is 397 g/mol. The Hall–Kier alpha value is -3.75. The van der Waals surface area contributed by atoms with Crippen molar-refractivity contribution in [2.45, 2.75) is 25.8 Å². The fourth-order valence-corrected chi connectivity index (χ4v) is 3.17. The zero-order valence-electron chi connectivity index (χ0n) is 15.5. The number of rotatable bonds is 6. The fourth-order valence-electron chi connectivity index (χ4n) is 3.17. The average molecular weight is 397 g/mol. The van der Waals surface area contributed by atoms with Crippen LogP contribution in [0.3, 0.4) is 0 Å². The topological polar surface area (TPSA) is 130 Å². The third-order valence-electron chi connectivity index (χ3n) is 4.62. The van der Waals surface area contributed by atoms with Gasteiger partial charge in [-0.15, -0.1) is 0 Å². The number of benzene rings is 2. The average Bonchev–Trinajstić information content (AvgIpc) is 2.69. The van der Waals surface area contributed by atoms with E-state index in [0.717, 1.165) is 36.6 Å². The largest absolute Gasteiger partial charge is 0.478 e. The number of piperidine rings is 1. The van der Waals surface area contributed by atoms with Gasteiger partial charge in [-0.25, -0.2) is 4.79 Å². The number of carbonyl (C=O) groups excluding carboxylic acids is 2. The van der Waals surface area contributed by atoms with Crippen LogP contribution in [-0.4, -0.2) is 39.3 Å². The molecule has 1 aliphatic heterocycles. The zero-order chi connectivity index (χ0) is 21.0. The molecular weight excluding hydrogens is 378 g/mol. The van der Waals surface area contributed by atoms with Crippen molar-refractivity contribution in [3.8, 4) is 0 Å². The van der Waals surface area contributed by atoms with Gasteiger partial charge >= 0.3 is 5.97 Å². The molecule has 0 aromatic heterocycles. The molecule has 1 fully saturated rings. The van der Waals surface area contributed by atoms with Gasteiger partial charge in [-0.2, -0.15) is 0 Å². The molecule has 0 bridgehead atoms. The van der Waals surface area contributed by atoms with Crippen molar-refractivity contribution in [3.05, 3.63) is 69.3 Å². The molecule has 29 heavy (non-hydrogen) atoms. The summed E-state index contributed by atoms with van der Waals surface area (Å²) >= 11 is 0. The summed E-state index contributed by atoms with van der Waals surface area (Å²) in [6.45, 7) is 1.13. The highest BCUT2D eigenvalue weighted by Gasteiger charge is 2.19. The van der Waals surface area contributed by atoms with Crippen LogP contribution in [0, 0.1) is 10.1 Å². The van der Waals surface area contributed by atoms with Crippen molar-refractivity contribution in [2.24, 2.45) is 0 Å². The van der Waals surface area contributed by atoms with Gasteiger partial charge in [0.1, 0.15) is 0 Å². The number of nitrogens with one attached hydrogen (secondary N) is 1. The lowest BCUT2D eigenvalue weighted by Crippen LogP contribution is -2.34. The first-order valence-corrected chi connectivity index (χ1v) is 9.04. The normalized spacial score (nSPS) is 13.8. The van der Waals surface area contributed by atoms with Crippen molar-refractivity contribution in [1.82, 2.24) is 4.90 Å². The van der Waals surface area contributed by atoms with Gasteiger partial charge in [0.2, 0.25) is 5.91 Å². The highest BCUT2D eigenvalue weighted by Crippen LogP contribution is 2.20. The highest BCUT2D eigenvalue weighted by atomic mass is 16.6. The molecule has 1 heterocycles. The Kier molecular flexibility index (Phi) is 5.87. The second-order valence-corrected chi connectivity index (χ2v) is 6.76. The smallest absolute Gasteiger partial charge is 0.335 e. The van der Waals surface area contributed by atoms with E-state index in [4.69, 9.17) is 5.11 Å². The Bertz CT molecular complexity index is 956. The maximum atomic E-state index is 12.5. The number of non-ortho nitro benzene ring substituents is 1. The lowest BCUT2D eigenvalue weighted by molar-refractivity contribution is -0.384. The quantitative estimate of drug-likeness (QED) is 0.569. The first-order valence-electron chi connectivity index (χ1n) is 9.04. The maximum Gasteiger partial charge on any atom is 0.335 e. The summed E-state index contributed by atoms with van der Waals surface area (Å²) in [6, 6.07) is 9.95. The van der Waals surface area contributed by atoms with Crippen LogP contribution in [0.25, 0.3) is 0 Å². The van der Waals surface area contributed by atoms with Gasteiger partial charge in [0.15, 0.2) is 0 Å². The molecule has 9 nitrogen and oxygen atoms in total. The van der Waals surface area contributed by atoms with Gasteiger partial charge in [0.25, 0.3) is 11.6 Å². The SMILES string of the molecule is O=C(O)c1cc(C(=O)Nc2cccc(CN3CCCCC3=O)c2)cc([N+](=O)[O-])c1. The molecule has 2 aromatic rings. The maximum absolute atomic E-state index is 12.5. The zero-order valence-corrected chi connectivity index (χ0v) is 15.5. The Balaban J connectivity index is 1.78. The minimum Gasteiger partial charge on any atom is -0.478 e. The number of carboxylic acids is 1. The van der Waals surface area contributed by atoms with Crippen LogP contribution in [0.2, 0.25) is 0 Å². The molecule has 150 valence electrons. The van der Waals surface area contributed by atoms with E-state index in [0.29, 0.717) is 25.2 Å². The number of carbonyl (C=O) groups is 3. The number of amides is 2. The van der Waals surface area contributed by atoms with Crippen LogP contribution >= 0.6 is 0 Å². The number of nitrogens with zero attached hydrogens (tertiary/aromatic N) is 2. The Morgan fingerprint density at radius 1 is 1.14 bits per heavy atom. The van der Waals surface area contributed by atoms with Gasteiger partial charge in [0, 0.05) is 42.9 Å². The lowest BCUT2D eigenvalue weighted by atomic mass is 10.1. The first kappa shape index (κ1) is 20.0. The second-order valence-electron chi connectivity index (χ2n) is 6.76. The summed E-state index contributed by atoms with van der Waals surface area (Å²) in [4.78, 5) is 47.7. The van der Waals surface area contributed by atoms with Gasteiger partial charge in [0.05, 0.1) is 10.5 Å². The van der Waals surface area contributed by atoms with Gasteiger partial charge < -0.3 is 15.3 Å². The number of hydrogen-bond donors (Lipinski definition) is 2. The van der Waals surface area contributed by atoms with Crippen LogP contribution in [0.15, 0.2) is 42.5 Å². The number of aromatic carboxylic acids is 1. The molecule has 0 unspecified atom stereocenters. The van der Waals surface area contributed by atoms with Crippen LogP contribution in [0.1, 0.15) is 45.5 Å². The molecule has 2 amide bonds. The predicted octanol–water partition coefficient (Wildman–Crippen LogP) is 3.06. The molecule has 1 aliphatic rings. The van der Waals surface area contributed by atoms with Crippen LogP contribution in [0.4, 0.5) is 11.4 Å². The molecular formula is C20H19N3O6. The first-order chi connectivity index (χ1) is 13.8. The van der Waals surface area contributed by atoms with Crippen molar-refractivity contribution in [1.29, 1.82) is 0 Å². The number of carboxylic acid groups (broad SMARTS) is 1. The third-order valence-corrected chi connectivity index (χ3v) is 4.62. The number of nitro groups is 1. The van der Waals surface area contributed by atoms with Gasteiger partial charge in [-0.3, -0.25) is 19.7 Å².